The first-order valence-electron chi connectivity index (χ1n) is 5.68. The van der Waals surface area contributed by atoms with Gasteiger partial charge in [-0.15, -0.1) is 0 Å². The van der Waals surface area contributed by atoms with Crippen LogP contribution in [0.15, 0.2) is 23.1 Å². The molecule has 2 rings (SSSR count). The lowest BCUT2D eigenvalue weighted by molar-refractivity contribution is 0.254. The molecule has 0 spiro atoms. The van der Waals surface area contributed by atoms with Gasteiger partial charge in [0, 0.05) is 19.7 Å². The molecule has 0 fully saturated rings. The van der Waals surface area contributed by atoms with E-state index in [9.17, 15) is 4.79 Å². The maximum Gasteiger partial charge on any atom is 0.347 e. The van der Waals surface area contributed by atoms with Gasteiger partial charge in [0.1, 0.15) is 12.1 Å². The molecular weight excluding hydrogens is 232 g/mol. The molecule has 2 aromatic heterocycles. The molecule has 0 N–H and O–H groups in total. The second kappa shape index (κ2) is 5.14. The molecule has 0 atom stereocenters. The van der Waals surface area contributed by atoms with E-state index in [4.69, 9.17) is 4.74 Å². The average molecular weight is 248 g/mol. The number of likely N-dealkylation sites (N-methyl/N-ethyl adjacent to an activating group) is 1. The molecule has 0 bridgehead atoms. The summed E-state index contributed by atoms with van der Waals surface area (Å²) in [7, 11) is 5.64. The topological polar surface area (TPSA) is 60.2 Å². The van der Waals surface area contributed by atoms with Crippen molar-refractivity contribution >= 4 is 11.0 Å². The van der Waals surface area contributed by atoms with E-state index in [1.54, 1.807) is 13.1 Å². The maximum atomic E-state index is 11.4. The Labute approximate surface area is 105 Å². The van der Waals surface area contributed by atoms with Crippen molar-refractivity contribution in [3.63, 3.8) is 0 Å². The van der Waals surface area contributed by atoms with Crippen LogP contribution < -0.4 is 10.4 Å². The first-order valence-corrected chi connectivity index (χ1v) is 5.68. The number of fused-ring (bicyclic) bond motifs is 1. The van der Waals surface area contributed by atoms with E-state index in [-0.39, 0.29) is 5.69 Å². The van der Waals surface area contributed by atoms with E-state index >= 15 is 0 Å². The van der Waals surface area contributed by atoms with E-state index in [0.717, 1.165) is 12.1 Å². The molecule has 2 heterocycles. The third kappa shape index (κ3) is 2.65. The number of pyridine rings is 1. The molecule has 0 radical (unpaired) electrons. The minimum absolute atomic E-state index is 0.287. The van der Waals surface area contributed by atoms with E-state index < -0.39 is 0 Å². The Morgan fingerprint density at radius 2 is 2.17 bits per heavy atom. The van der Waals surface area contributed by atoms with Crippen LogP contribution in [0, 0.1) is 0 Å². The van der Waals surface area contributed by atoms with E-state index in [2.05, 4.69) is 9.97 Å². The van der Waals surface area contributed by atoms with Crippen LogP contribution in [-0.2, 0) is 7.05 Å². The van der Waals surface area contributed by atoms with Gasteiger partial charge in [-0.05, 0) is 20.2 Å². The first kappa shape index (κ1) is 12.5. The number of hydrogen-bond donors (Lipinski definition) is 0. The van der Waals surface area contributed by atoms with Gasteiger partial charge in [-0.1, -0.05) is 0 Å². The van der Waals surface area contributed by atoms with Crippen molar-refractivity contribution in [3.05, 3.63) is 28.8 Å². The van der Waals surface area contributed by atoms with Crippen LogP contribution in [0.1, 0.15) is 0 Å². The SMILES string of the molecule is CN(C)CCOc1ccc2c(cnc(=O)n2C)n1. The van der Waals surface area contributed by atoms with Crippen LogP contribution in [0.2, 0.25) is 0 Å². The molecule has 6 nitrogen and oxygen atoms in total. The second-order valence-corrected chi connectivity index (χ2v) is 4.31. The summed E-state index contributed by atoms with van der Waals surface area (Å²) in [6.07, 6.45) is 1.47. The molecule has 18 heavy (non-hydrogen) atoms. The third-order valence-corrected chi connectivity index (χ3v) is 2.61. The van der Waals surface area contributed by atoms with E-state index in [1.807, 2.05) is 25.1 Å². The van der Waals surface area contributed by atoms with Gasteiger partial charge in [0.2, 0.25) is 5.88 Å². The largest absolute Gasteiger partial charge is 0.476 e. The highest BCUT2D eigenvalue weighted by Crippen LogP contribution is 2.13. The van der Waals surface area contributed by atoms with Crippen molar-refractivity contribution < 1.29 is 4.74 Å². The summed E-state index contributed by atoms with van der Waals surface area (Å²) in [6, 6.07) is 3.58. The van der Waals surface area contributed by atoms with Crippen LogP contribution in [0.4, 0.5) is 0 Å². The molecule has 0 aliphatic carbocycles. The third-order valence-electron chi connectivity index (χ3n) is 2.61. The average Bonchev–Trinajstić information content (AvgIpc) is 2.33. The van der Waals surface area contributed by atoms with Gasteiger partial charge in [0.25, 0.3) is 0 Å². The Bertz CT molecular complexity index is 607. The van der Waals surface area contributed by atoms with Gasteiger partial charge in [0.05, 0.1) is 11.7 Å². The Morgan fingerprint density at radius 3 is 2.89 bits per heavy atom. The lowest BCUT2D eigenvalue weighted by atomic mass is 10.3. The fourth-order valence-electron chi connectivity index (χ4n) is 1.55. The molecule has 0 saturated heterocycles. The van der Waals surface area contributed by atoms with E-state index in [1.165, 1.54) is 10.8 Å². The Balaban J connectivity index is 2.23. The number of nitrogens with zero attached hydrogens (tertiary/aromatic N) is 4. The van der Waals surface area contributed by atoms with Crippen LogP contribution in [0.25, 0.3) is 11.0 Å². The standard InChI is InChI=1S/C12H16N4O2/c1-15(2)6-7-18-11-5-4-10-9(14-11)8-13-12(17)16(10)3/h4-5,8H,6-7H2,1-3H3. The van der Waals surface area contributed by atoms with Crippen LogP contribution in [0.3, 0.4) is 0 Å². The Kier molecular flexibility index (Phi) is 3.57. The van der Waals surface area contributed by atoms with Gasteiger partial charge >= 0.3 is 5.69 Å². The molecule has 0 unspecified atom stereocenters. The van der Waals surface area contributed by atoms with Crippen molar-refractivity contribution in [3.8, 4) is 5.88 Å². The van der Waals surface area contributed by atoms with Crippen molar-refractivity contribution in [2.45, 2.75) is 0 Å². The van der Waals surface area contributed by atoms with Crippen molar-refractivity contribution in [1.82, 2.24) is 19.4 Å². The predicted octanol–water partition coefficient (Wildman–Crippen LogP) is 0.269. The number of aromatic nitrogens is 3. The summed E-state index contributed by atoms with van der Waals surface area (Å²) < 4.78 is 6.99. The number of ether oxygens (including phenoxy) is 1. The summed E-state index contributed by atoms with van der Waals surface area (Å²) in [5, 5.41) is 0. The molecule has 0 amide bonds. The lowest BCUT2D eigenvalue weighted by Crippen LogP contribution is -2.20. The lowest BCUT2D eigenvalue weighted by Gasteiger charge is -2.11. The monoisotopic (exact) mass is 248 g/mol. The van der Waals surface area contributed by atoms with Crippen molar-refractivity contribution in [1.29, 1.82) is 0 Å². The summed E-state index contributed by atoms with van der Waals surface area (Å²) in [5.74, 6) is 0.546. The van der Waals surface area contributed by atoms with Gasteiger partial charge in [0.15, 0.2) is 0 Å². The minimum atomic E-state index is -0.287. The number of rotatable bonds is 4. The van der Waals surface area contributed by atoms with Crippen molar-refractivity contribution in [2.24, 2.45) is 7.05 Å². The summed E-state index contributed by atoms with van der Waals surface area (Å²) in [4.78, 5) is 21.4. The van der Waals surface area contributed by atoms with Crippen LogP contribution in [0.5, 0.6) is 5.88 Å². The van der Waals surface area contributed by atoms with Crippen LogP contribution >= 0.6 is 0 Å². The highest BCUT2D eigenvalue weighted by Gasteiger charge is 2.03. The molecule has 0 aliphatic rings. The highest BCUT2D eigenvalue weighted by atomic mass is 16.5. The maximum absolute atomic E-state index is 11.4. The zero-order chi connectivity index (χ0) is 13.1. The van der Waals surface area contributed by atoms with Crippen molar-refractivity contribution in [2.75, 3.05) is 27.2 Å². The zero-order valence-corrected chi connectivity index (χ0v) is 10.8. The number of hydrogen-bond acceptors (Lipinski definition) is 5. The molecular formula is C12H16N4O2. The first-order chi connectivity index (χ1) is 8.58. The fourth-order valence-corrected chi connectivity index (χ4v) is 1.55. The zero-order valence-electron chi connectivity index (χ0n) is 10.8. The summed E-state index contributed by atoms with van der Waals surface area (Å²) >= 11 is 0. The van der Waals surface area contributed by atoms with E-state index in [0.29, 0.717) is 18.0 Å². The molecule has 6 heteroatoms. The molecule has 0 aromatic carbocycles. The fraction of sp³-hybridized carbons (Fsp3) is 0.417. The quantitative estimate of drug-likeness (QED) is 0.777. The van der Waals surface area contributed by atoms with Gasteiger partial charge in [-0.3, -0.25) is 4.57 Å². The smallest absolute Gasteiger partial charge is 0.347 e. The molecule has 96 valence electrons. The normalized spacial score (nSPS) is 11.1. The molecule has 0 saturated carbocycles. The molecule has 2 aromatic rings. The van der Waals surface area contributed by atoms with Gasteiger partial charge in [-0.25, -0.2) is 9.78 Å². The minimum Gasteiger partial charge on any atom is -0.476 e. The van der Waals surface area contributed by atoms with Gasteiger partial charge < -0.3 is 9.64 Å². The molecule has 0 aliphatic heterocycles. The second-order valence-electron chi connectivity index (χ2n) is 4.31. The highest BCUT2D eigenvalue weighted by molar-refractivity contribution is 5.73. The predicted molar refractivity (Wildman–Crippen MR) is 68.8 cm³/mol. The van der Waals surface area contributed by atoms with Crippen LogP contribution in [-0.4, -0.2) is 46.7 Å². The Morgan fingerprint density at radius 1 is 1.39 bits per heavy atom. The van der Waals surface area contributed by atoms with Gasteiger partial charge in [-0.2, -0.15) is 4.98 Å². The summed E-state index contributed by atoms with van der Waals surface area (Å²) in [5.41, 5.74) is 1.11. The summed E-state index contributed by atoms with van der Waals surface area (Å²) in [6.45, 7) is 1.40. The Hall–Kier alpha value is -1.95. The number of aryl methyl sites for hydroxylation is 1.